The van der Waals surface area contributed by atoms with Gasteiger partial charge in [0.15, 0.2) is 6.10 Å². The van der Waals surface area contributed by atoms with E-state index in [1.54, 1.807) is 0 Å². The Balaban J connectivity index is 4.38. The van der Waals surface area contributed by atoms with Crippen LogP contribution in [0.5, 0.6) is 0 Å². The Morgan fingerprint density at radius 1 is 0.280 bits per heavy atom. The first-order chi connectivity index (χ1) is 37.0. The molecule has 0 aliphatic rings. The smallest absolute Gasteiger partial charge is 0.306 e. The Morgan fingerprint density at radius 2 is 0.520 bits per heavy atom. The van der Waals surface area contributed by atoms with Crippen LogP contribution in [0.15, 0.2) is 85.1 Å². The average Bonchev–Trinajstić information content (AvgIpc) is 3.41. The van der Waals surface area contributed by atoms with Gasteiger partial charge in [-0.3, -0.25) is 14.4 Å². The van der Waals surface area contributed by atoms with Gasteiger partial charge in [0.25, 0.3) is 0 Å². The second kappa shape index (κ2) is 63.1. The Labute approximate surface area is 465 Å². The number of rotatable bonds is 58. The molecule has 6 heteroatoms. The topological polar surface area (TPSA) is 78.9 Å². The minimum Gasteiger partial charge on any atom is -0.462 e. The van der Waals surface area contributed by atoms with E-state index in [0.29, 0.717) is 19.3 Å². The van der Waals surface area contributed by atoms with E-state index in [4.69, 9.17) is 14.2 Å². The molecule has 0 aromatic rings. The van der Waals surface area contributed by atoms with Gasteiger partial charge in [0, 0.05) is 19.3 Å². The molecule has 1 atom stereocenters. The number of carbonyl (C=O) groups excluding carboxylic acids is 3. The van der Waals surface area contributed by atoms with E-state index in [9.17, 15) is 14.4 Å². The lowest BCUT2D eigenvalue weighted by Crippen LogP contribution is -2.30. The molecule has 0 rings (SSSR count). The molecule has 0 saturated heterocycles. The second-order valence-electron chi connectivity index (χ2n) is 21.3. The van der Waals surface area contributed by atoms with Crippen LogP contribution in [-0.2, 0) is 28.6 Å². The third-order valence-corrected chi connectivity index (χ3v) is 13.9. The number of unbranched alkanes of at least 4 members (excludes halogenated alkanes) is 33. The van der Waals surface area contributed by atoms with E-state index in [1.165, 1.54) is 167 Å². The molecule has 0 heterocycles. The first-order valence-corrected chi connectivity index (χ1v) is 32.1. The lowest BCUT2D eigenvalue weighted by molar-refractivity contribution is -0.167. The molecule has 1 unspecified atom stereocenters. The number of ether oxygens (including phenoxy) is 3. The van der Waals surface area contributed by atoms with Crippen molar-refractivity contribution >= 4 is 17.9 Å². The Morgan fingerprint density at radius 3 is 0.827 bits per heavy atom. The molecule has 0 N–H and O–H groups in total. The third-order valence-electron chi connectivity index (χ3n) is 13.9. The zero-order valence-corrected chi connectivity index (χ0v) is 49.6. The van der Waals surface area contributed by atoms with Crippen molar-refractivity contribution in [2.24, 2.45) is 0 Å². The Kier molecular flexibility index (Phi) is 60.3. The van der Waals surface area contributed by atoms with Gasteiger partial charge >= 0.3 is 17.9 Å². The summed E-state index contributed by atoms with van der Waals surface area (Å²) in [6, 6.07) is 0. The average molecular weight is 1050 g/mol. The van der Waals surface area contributed by atoms with E-state index < -0.39 is 6.10 Å². The van der Waals surface area contributed by atoms with Crippen LogP contribution >= 0.6 is 0 Å². The first-order valence-electron chi connectivity index (χ1n) is 32.1. The van der Waals surface area contributed by atoms with Crippen molar-refractivity contribution in [2.75, 3.05) is 13.2 Å². The summed E-state index contributed by atoms with van der Waals surface area (Å²) in [4.78, 5) is 38.3. The summed E-state index contributed by atoms with van der Waals surface area (Å²) in [6.45, 7) is 6.54. The van der Waals surface area contributed by atoms with Crippen molar-refractivity contribution < 1.29 is 28.6 Å². The van der Waals surface area contributed by atoms with Crippen molar-refractivity contribution in [3.05, 3.63) is 85.1 Å². The second-order valence-corrected chi connectivity index (χ2v) is 21.3. The summed E-state index contributed by atoms with van der Waals surface area (Å²) in [5.74, 6) is -0.898. The van der Waals surface area contributed by atoms with Crippen LogP contribution in [0.25, 0.3) is 0 Å². The maximum Gasteiger partial charge on any atom is 0.306 e. The van der Waals surface area contributed by atoms with Crippen molar-refractivity contribution in [1.29, 1.82) is 0 Å². The quantitative estimate of drug-likeness (QED) is 0.0261. The van der Waals surface area contributed by atoms with Gasteiger partial charge < -0.3 is 14.2 Å². The van der Waals surface area contributed by atoms with Crippen LogP contribution in [0.2, 0.25) is 0 Å². The lowest BCUT2D eigenvalue weighted by atomic mass is 10.0. The van der Waals surface area contributed by atoms with Gasteiger partial charge in [0.05, 0.1) is 0 Å². The molecule has 0 aromatic carbocycles. The fourth-order valence-electron chi connectivity index (χ4n) is 9.09. The highest BCUT2D eigenvalue weighted by Crippen LogP contribution is 2.16. The molecule has 0 saturated carbocycles. The van der Waals surface area contributed by atoms with Crippen molar-refractivity contribution in [3.8, 4) is 0 Å². The van der Waals surface area contributed by atoms with Gasteiger partial charge in [-0.1, -0.05) is 286 Å². The first kappa shape index (κ1) is 71.6. The molecular formula is C69H120O6. The largest absolute Gasteiger partial charge is 0.462 e. The van der Waals surface area contributed by atoms with Crippen LogP contribution in [0, 0.1) is 0 Å². The molecule has 0 aliphatic carbocycles. The summed E-state index contributed by atoms with van der Waals surface area (Å²) in [5.41, 5.74) is 0. The normalized spacial score (nSPS) is 12.6. The molecule has 75 heavy (non-hydrogen) atoms. The molecule has 0 amide bonds. The van der Waals surface area contributed by atoms with E-state index in [0.717, 1.165) is 109 Å². The fraction of sp³-hybridized carbons (Fsp3) is 0.754. The van der Waals surface area contributed by atoms with Crippen molar-refractivity contribution in [2.45, 2.75) is 322 Å². The van der Waals surface area contributed by atoms with E-state index >= 15 is 0 Å². The van der Waals surface area contributed by atoms with Gasteiger partial charge in [0.1, 0.15) is 13.2 Å². The predicted octanol–water partition coefficient (Wildman–Crippen LogP) is 21.9. The van der Waals surface area contributed by atoms with Gasteiger partial charge in [-0.25, -0.2) is 0 Å². The SMILES string of the molecule is CC/C=C\C/C=C\C/C=C\C/C=C\C/C=C\C/C=C\CCCCCCC(=O)OCC(COC(=O)CCCCCCCCCCCCCCC)OC(=O)CCCCCCCCCCC/C=C\CCCCCCCCCC. The van der Waals surface area contributed by atoms with E-state index in [1.807, 2.05) is 0 Å². The monoisotopic (exact) mass is 1040 g/mol. The molecule has 0 aliphatic heterocycles. The molecular weight excluding hydrogens is 925 g/mol. The standard InChI is InChI=1S/C69H120O6/c1-4-7-10-13-16-19-22-25-27-29-31-33-34-36-37-39-41-44-47-50-53-56-59-62-68(71)74-65-66(64-73-67(70)61-58-55-52-49-46-43-24-21-18-15-12-9-6-3)75-69(72)63-60-57-54-51-48-45-42-40-38-35-32-30-28-26-23-20-17-14-11-8-5-2/h7,10,16,19,25,27,30-33,36-37,41,44,66H,4-6,8-9,11-15,17-18,20-24,26,28-29,34-35,38-40,42-43,45-65H2,1-3H3/b10-7-,19-16-,27-25-,32-30-,33-31-,37-36-,44-41-. The molecule has 0 spiro atoms. The molecule has 0 fully saturated rings. The summed E-state index contributed by atoms with van der Waals surface area (Å²) < 4.78 is 16.9. The number of hydrogen-bond acceptors (Lipinski definition) is 6. The number of esters is 3. The minimum absolute atomic E-state index is 0.0828. The predicted molar refractivity (Wildman–Crippen MR) is 325 cm³/mol. The maximum atomic E-state index is 12.9. The third kappa shape index (κ3) is 61.3. The van der Waals surface area contributed by atoms with Gasteiger partial charge in [0.2, 0.25) is 0 Å². The molecule has 6 nitrogen and oxygen atoms in total. The fourth-order valence-corrected chi connectivity index (χ4v) is 9.09. The van der Waals surface area contributed by atoms with Crippen LogP contribution in [-0.4, -0.2) is 37.2 Å². The highest BCUT2D eigenvalue weighted by Gasteiger charge is 2.19. The maximum absolute atomic E-state index is 12.9. The molecule has 432 valence electrons. The summed E-state index contributed by atoms with van der Waals surface area (Å²) in [5, 5.41) is 0. The summed E-state index contributed by atoms with van der Waals surface area (Å²) >= 11 is 0. The number of hydrogen-bond donors (Lipinski definition) is 0. The lowest BCUT2D eigenvalue weighted by Gasteiger charge is -2.18. The zero-order chi connectivity index (χ0) is 54.3. The Hall–Kier alpha value is -3.41. The van der Waals surface area contributed by atoms with Crippen LogP contribution in [0.3, 0.4) is 0 Å². The van der Waals surface area contributed by atoms with Gasteiger partial charge in [-0.2, -0.15) is 0 Å². The van der Waals surface area contributed by atoms with Gasteiger partial charge in [-0.05, 0) is 96.3 Å². The number of carbonyl (C=O) groups is 3. The number of allylic oxidation sites excluding steroid dienone is 14. The highest BCUT2D eigenvalue weighted by atomic mass is 16.6. The van der Waals surface area contributed by atoms with Crippen molar-refractivity contribution in [3.63, 3.8) is 0 Å². The van der Waals surface area contributed by atoms with Crippen LogP contribution in [0.4, 0.5) is 0 Å². The highest BCUT2D eigenvalue weighted by molar-refractivity contribution is 5.71. The molecule has 0 radical (unpaired) electrons. The van der Waals surface area contributed by atoms with Crippen LogP contribution in [0.1, 0.15) is 316 Å². The zero-order valence-electron chi connectivity index (χ0n) is 49.6. The summed E-state index contributed by atoms with van der Waals surface area (Å²) in [7, 11) is 0. The molecule has 0 bridgehead atoms. The van der Waals surface area contributed by atoms with E-state index in [-0.39, 0.29) is 31.1 Å². The van der Waals surface area contributed by atoms with E-state index in [2.05, 4.69) is 106 Å². The summed E-state index contributed by atoms with van der Waals surface area (Å²) in [6.07, 6.45) is 83.0. The minimum atomic E-state index is -0.788. The molecule has 0 aromatic heterocycles. The van der Waals surface area contributed by atoms with Gasteiger partial charge in [-0.15, -0.1) is 0 Å². The van der Waals surface area contributed by atoms with Crippen LogP contribution < -0.4 is 0 Å². The Bertz CT molecular complexity index is 1430. The van der Waals surface area contributed by atoms with Crippen molar-refractivity contribution in [1.82, 2.24) is 0 Å².